The van der Waals surface area contributed by atoms with E-state index in [1.165, 1.54) is 6.26 Å². The van der Waals surface area contributed by atoms with Gasteiger partial charge >= 0.3 is 6.18 Å². The lowest BCUT2D eigenvalue weighted by Crippen LogP contribution is -2.36. The zero-order valence-corrected chi connectivity index (χ0v) is 15.3. The van der Waals surface area contributed by atoms with Crippen LogP contribution in [0.5, 0.6) is 11.5 Å². The number of hydrogen-bond donors (Lipinski definition) is 2. The second-order valence-corrected chi connectivity index (χ2v) is 6.88. The summed E-state index contributed by atoms with van der Waals surface area (Å²) >= 11 is 0. The van der Waals surface area contributed by atoms with E-state index in [1.54, 1.807) is 30.3 Å². The first-order valence-electron chi connectivity index (χ1n) is 9.05. The molecule has 0 saturated heterocycles. The number of furan rings is 1. The van der Waals surface area contributed by atoms with Crippen molar-refractivity contribution in [1.82, 2.24) is 9.78 Å². The van der Waals surface area contributed by atoms with Gasteiger partial charge < -0.3 is 24.5 Å². The van der Waals surface area contributed by atoms with Gasteiger partial charge in [0.1, 0.15) is 17.1 Å². The third kappa shape index (κ3) is 3.11. The van der Waals surface area contributed by atoms with Crippen LogP contribution in [-0.4, -0.2) is 28.7 Å². The summed E-state index contributed by atoms with van der Waals surface area (Å²) in [5, 5.41) is 9.45. The normalized spacial score (nSPS) is 19.8. The van der Waals surface area contributed by atoms with Gasteiger partial charge in [-0.15, -0.1) is 0 Å². The minimum atomic E-state index is -4.54. The van der Waals surface area contributed by atoms with Crippen LogP contribution in [0.25, 0.3) is 0 Å². The monoisotopic (exact) mass is 420 g/mol. The Labute approximate surface area is 167 Å². The molecular weight excluding hydrogens is 405 g/mol. The molecule has 0 aliphatic carbocycles. The highest BCUT2D eigenvalue weighted by atomic mass is 19.4. The standard InChI is InChI=1S/C19H15F3N4O4/c20-19(21,22)16-7-12(13-2-1-5-28-13)25-17-11(8-23-26(16)17)18(27)24-10-3-4-14-15(6-10)30-9-29-14/h1-6,8,12,16,25H,7,9H2,(H,24,27)/t12-,16-/m1/s1. The first kappa shape index (κ1) is 18.4. The highest BCUT2D eigenvalue weighted by molar-refractivity contribution is 6.07. The van der Waals surface area contributed by atoms with Gasteiger partial charge in [-0.3, -0.25) is 4.79 Å². The van der Waals surface area contributed by atoms with Crippen molar-refractivity contribution >= 4 is 17.4 Å². The average Bonchev–Trinajstić information content (AvgIpc) is 3.45. The van der Waals surface area contributed by atoms with E-state index < -0.39 is 24.2 Å². The van der Waals surface area contributed by atoms with Crippen molar-refractivity contribution in [2.75, 3.05) is 17.4 Å². The van der Waals surface area contributed by atoms with E-state index in [-0.39, 0.29) is 24.6 Å². The lowest BCUT2D eigenvalue weighted by molar-refractivity contribution is -0.174. The van der Waals surface area contributed by atoms with E-state index >= 15 is 0 Å². The predicted molar refractivity (Wildman–Crippen MR) is 97.5 cm³/mol. The Morgan fingerprint density at radius 2 is 2.07 bits per heavy atom. The van der Waals surface area contributed by atoms with Crippen LogP contribution in [-0.2, 0) is 0 Å². The molecule has 30 heavy (non-hydrogen) atoms. The molecule has 0 spiro atoms. The molecule has 8 nitrogen and oxygen atoms in total. The molecule has 2 N–H and O–H groups in total. The zero-order chi connectivity index (χ0) is 20.9. The number of anilines is 2. The number of carbonyl (C=O) groups is 1. The van der Waals surface area contributed by atoms with Crippen molar-refractivity contribution in [3.05, 3.63) is 54.1 Å². The highest BCUT2D eigenvalue weighted by Crippen LogP contribution is 2.44. The first-order chi connectivity index (χ1) is 14.4. The summed E-state index contributed by atoms with van der Waals surface area (Å²) in [6.07, 6.45) is -2.35. The maximum Gasteiger partial charge on any atom is 0.410 e. The fourth-order valence-corrected chi connectivity index (χ4v) is 3.58. The van der Waals surface area contributed by atoms with E-state index in [1.807, 2.05) is 0 Å². The molecule has 4 heterocycles. The Hall–Kier alpha value is -3.63. The molecule has 0 saturated carbocycles. The van der Waals surface area contributed by atoms with Gasteiger partial charge in [-0.25, -0.2) is 4.68 Å². The van der Waals surface area contributed by atoms with Crippen molar-refractivity contribution < 1.29 is 31.9 Å². The van der Waals surface area contributed by atoms with E-state index in [9.17, 15) is 18.0 Å². The van der Waals surface area contributed by atoms with Gasteiger partial charge in [0.2, 0.25) is 6.79 Å². The highest BCUT2D eigenvalue weighted by Gasteiger charge is 2.47. The smallest absolute Gasteiger partial charge is 0.410 e. The second-order valence-electron chi connectivity index (χ2n) is 6.88. The van der Waals surface area contributed by atoms with Crippen LogP contribution >= 0.6 is 0 Å². The molecule has 0 fully saturated rings. The van der Waals surface area contributed by atoms with Crippen LogP contribution in [0.1, 0.15) is 34.6 Å². The predicted octanol–water partition coefficient (Wildman–Crippen LogP) is 4.12. The number of aromatic nitrogens is 2. The summed E-state index contributed by atoms with van der Waals surface area (Å²) in [4.78, 5) is 12.8. The molecule has 1 aromatic carbocycles. The number of nitrogens with one attached hydrogen (secondary N) is 2. The first-order valence-corrected chi connectivity index (χ1v) is 9.05. The molecule has 2 aliphatic heterocycles. The second kappa shape index (κ2) is 6.71. The summed E-state index contributed by atoms with van der Waals surface area (Å²) in [6, 6.07) is 5.36. The van der Waals surface area contributed by atoms with Gasteiger partial charge in [-0.05, 0) is 24.3 Å². The van der Waals surface area contributed by atoms with E-state index in [0.717, 1.165) is 10.9 Å². The van der Waals surface area contributed by atoms with Crippen LogP contribution in [0, 0.1) is 0 Å². The Bertz CT molecular complexity index is 1090. The number of alkyl halides is 3. The Morgan fingerprint density at radius 3 is 2.83 bits per heavy atom. The Balaban J connectivity index is 1.46. The van der Waals surface area contributed by atoms with Gasteiger partial charge in [0.15, 0.2) is 17.5 Å². The van der Waals surface area contributed by atoms with Crippen molar-refractivity contribution in [3.8, 4) is 11.5 Å². The summed E-state index contributed by atoms with van der Waals surface area (Å²) in [7, 11) is 0. The third-order valence-electron chi connectivity index (χ3n) is 5.00. The largest absolute Gasteiger partial charge is 0.467 e. The Kier molecular flexibility index (Phi) is 4.12. The number of fused-ring (bicyclic) bond motifs is 2. The summed E-state index contributed by atoms with van der Waals surface area (Å²) in [5.41, 5.74) is 0.396. The van der Waals surface area contributed by atoms with Gasteiger partial charge in [-0.2, -0.15) is 18.3 Å². The van der Waals surface area contributed by atoms with Crippen LogP contribution < -0.4 is 20.1 Å². The molecular formula is C19H15F3N4O4. The van der Waals surface area contributed by atoms with Crippen molar-refractivity contribution in [3.63, 3.8) is 0 Å². The number of rotatable bonds is 3. The lowest BCUT2D eigenvalue weighted by atomic mass is 10.0. The number of ether oxygens (including phenoxy) is 2. The average molecular weight is 420 g/mol. The summed E-state index contributed by atoms with van der Waals surface area (Å²) < 4.78 is 57.6. The zero-order valence-electron chi connectivity index (χ0n) is 15.3. The number of halogens is 3. The van der Waals surface area contributed by atoms with E-state index in [2.05, 4.69) is 15.7 Å². The van der Waals surface area contributed by atoms with Gasteiger partial charge in [0.25, 0.3) is 5.91 Å². The molecule has 0 bridgehead atoms. The molecule has 156 valence electrons. The Morgan fingerprint density at radius 1 is 1.23 bits per heavy atom. The minimum Gasteiger partial charge on any atom is -0.467 e. The molecule has 3 aromatic rings. The molecule has 5 rings (SSSR count). The number of benzene rings is 1. The fourth-order valence-electron chi connectivity index (χ4n) is 3.58. The molecule has 0 unspecified atom stereocenters. The number of nitrogens with zero attached hydrogens (tertiary/aromatic N) is 2. The van der Waals surface area contributed by atoms with Crippen molar-refractivity contribution in [1.29, 1.82) is 0 Å². The fraction of sp³-hybridized carbons (Fsp3) is 0.263. The molecule has 2 aromatic heterocycles. The molecule has 1 amide bonds. The molecule has 2 aliphatic rings. The van der Waals surface area contributed by atoms with Crippen LogP contribution in [0.4, 0.5) is 24.7 Å². The quantitative estimate of drug-likeness (QED) is 0.663. The number of amides is 1. The molecule has 2 atom stereocenters. The van der Waals surface area contributed by atoms with Gasteiger partial charge in [0, 0.05) is 18.2 Å². The lowest BCUT2D eigenvalue weighted by Gasteiger charge is -2.32. The van der Waals surface area contributed by atoms with Crippen LogP contribution in [0.15, 0.2) is 47.2 Å². The maximum absolute atomic E-state index is 13.7. The topological polar surface area (TPSA) is 90.5 Å². The van der Waals surface area contributed by atoms with Crippen molar-refractivity contribution in [2.45, 2.75) is 24.7 Å². The summed E-state index contributed by atoms with van der Waals surface area (Å²) in [6.45, 7) is 0.0839. The maximum atomic E-state index is 13.7. The summed E-state index contributed by atoms with van der Waals surface area (Å²) in [5.74, 6) is 0.732. The van der Waals surface area contributed by atoms with E-state index in [0.29, 0.717) is 22.9 Å². The third-order valence-corrected chi connectivity index (χ3v) is 5.00. The van der Waals surface area contributed by atoms with Gasteiger partial charge in [-0.1, -0.05) is 0 Å². The van der Waals surface area contributed by atoms with Crippen molar-refractivity contribution in [2.24, 2.45) is 0 Å². The van der Waals surface area contributed by atoms with Crippen LogP contribution in [0.2, 0.25) is 0 Å². The molecule has 11 heteroatoms. The van der Waals surface area contributed by atoms with Gasteiger partial charge in [0.05, 0.1) is 18.5 Å². The molecule has 0 radical (unpaired) electrons. The van der Waals surface area contributed by atoms with E-state index in [4.69, 9.17) is 13.9 Å². The number of hydrogen-bond acceptors (Lipinski definition) is 6. The number of carbonyl (C=O) groups excluding carboxylic acids is 1. The SMILES string of the molecule is O=C(Nc1ccc2c(c1)OCO2)c1cnn2c1N[C@@H](c1ccco1)C[C@@H]2C(F)(F)F. The minimum absolute atomic E-state index is 0.0156. The van der Waals surface area contributed by atoms with Crippen LogP contribution in [0.3, 0.4) is 0 Å².